The van der Waals surface area contributed by atoms with Gasteiger partial charge in [-0.05, 0) is 31.5 Å². The zero-order valence-corrected chi connectivity index (χ0v) is 10.5. The number of benzene rings is 1. The molecule has 94 valence electrons. The fourth-order valence-corrected chi connectivity index (χ4v) is 1.93. The van der Waals surface area contributed by atoms with Crippen molar-refractivity contribution in [2.24, 2.45) is 0 Å². The molecule has 3 heteroatoms. The summed E-state index contributed by atoms with van der Waals surface area (Å²) in [7, 11) is 0. The lowest BCUT2D eigenvalue weighted by molar-refractivity contribution is 0.0255. The summed E-state index contributed by atoms with van der Waals surface area (Å²) in [6, 6.07) is 7.66. The Kier molecular flexibility index (Phi) is 3.69. The second-order valence-electron chi connectivity index (χ2n) is 5.01. The molecule has 1 aromatic rings. The molecule has 0 amide bonds. The zero-order valence-electron chi connectivity index (χ0n) is 10.5. The van der Waals surface area contributed by atoms with Gasteiger partial charge >= 0.3 is 0 Å². The molecule has 17 heavy (non-hydrogen) atoms. The predicted octanol–water partition coefficient (Wildman–Crippen LogP) is 2.47. The third kappa shape index (κ3) is 3.45. The van der Waals surface area contributed by atoms with Crippen molar-refractivity contribution < 1.29 is 14.6 Å². The van der Waals surface area contributed by atoms with Gasteiger partial charge in [0.2, 0.25) is 0 Å². The first kappa shape index (κ1) is 12.4. The van der Waals surface area contributed by atoms with Gasteiger partial charge in [-0.2, -0.15) is 0 Å². The van der Waals surface area contributed by atoms with E-state index in [2.05, 4.69) is 0 Å². The number of hydrogen-bond donors (Lipinski definition) is 1. The van der Waals surface area contributed by atoms with Gasteiger partial charge < -0.3 is 14.6 Å². The third-order valence-electron chi connectivity index (χ3n) is 3.03. The van der Waals surface area contributed by atoms with E-state index in [4.69, 9.17) is 9.47 Å². The van der Waals surface area contributed by atoms with Crippen molar-refractivity contribution in [2.75, 3.05) is 13.2 Å². The largest absolute Gasteiger partial charge is 0.490 e. The van der Waals surface area contributed by atoms with Gasteiger partial charge in [-0.1, -0.05) is 12.1 Å². The van der Waals surface area contributed by atoms with E-state index in [0.29, 0.717) is 0 Å². The average molecular weight is 236 g/mol. The van der Waals surface area contributed by atoms with Crippen molar-refractivity contribution in [3.8, 4) is 5.75 Å². The van der Waals surface area contributed by atoms with E-state index in [1.54, 1.807) is 13.8 Å². The maximum atomic E-state index is 9.84. The Morgan fingerprint density at radius 3 is 2.29 bits per heavy atom. The van der Waals surface area contributed by atoms with Gasteiger partial charge in [0.05, 0.1) is 18.8 Å². The molecule has 0 aliphatic carbocycles. The lowest BCUT2D eigenvalue weighted by Gasteiger charge is -2.24. The summed E-state index contributed by atoms with van der Waals surface area (Å²) in [6.45, 7) is 5.13. The van der Waals surface area contributed by atoms with Crippen LogP contribution in [0.1, 0.15) is 32.3 Å². The van der Waals surface area contributed by atoms with E-state index in [1.807, 2.05) is 24.3 Å². The highest BCUT2D eigenvalue weighted by molar-refractivity contribution is 5.30. The van der Waals surface area contributed by atoms with Gasteiger partial charge in [-0.15, -0.1) is 0 Å². The molecular formula is C14H20O3. The van der Waals surface area contributed by atoms with Crippen LogP contribution in [-0.2, 0) is 10.3 Å². The number of aliphatic hydroxyl groups is 1. The quantitative estimate of drug-likeness (QED) is 0.876. The molecular weight excluding hydrogens is 216 g/mol. The molecule has 3 nitrogen and oxygen atoms in total. The molecule has 2 rings (SSSR count). The molecule has 0 radical (unpaired) electrons. The van der Waals surface area contributed by atoms with Crippen molar-refractivity contribution in [3.05, 3.63) is 29.8 Å². The van der Waals surface area contributed by atoms with E-state index in [-0.39, 0.29) is 6.10 Å². The van der Waals surface area contributed by atoms with Crippen LogP contribution in [0, 0.1) is 0 Å². The molecule has 1 aromatic carbocycles. The second-order valence-corrected chi connectivity index (χ2v) is 5.01. The summed E-state index contributed by atoms with van der Waals surface area (Å²) in [5.41, 5.74) is 0.105. The highest BCUT2D eigenvalue weighted by atomic mass is 16.5. The maximum Gasteiger partial charge on any atom is 0.119 e. The van der Waals surface area contributed by atoms with Gasteiger partial charge in [0, 0.05) is 12.8 Å². The van der Waals surface area contributed by atoms with Crippen LogP contribution in [0.2, 0.25) is 0 Å². The molecule has 1 heterocycles. The molecule has 0 saturated carbocycles. The molecule has 0 bridgehead atoms. The standard InChI is InChI=1S/C14H20O3/c1-14(2,15)11-3-5-12(6-4-11)17-13-7-9-16-10-8-13/h3-6,13,15H,7-10H2,1-2H3. The SMILES string of the molecule is CC(C)(O)c1ccc(OC2CCOCC2)cc1. The fourth-order valence-electron chi connectivity index (χ4n) is 1.93. The van der Waals surface area contributed by atoms with Crippen LogP contribution in [0.3, 0.4) is 0 Å². The molecule has 1 fully saturated rings. The minimum atomic E-state index is -0.794. The highest BCUT2D eigenvalue weighted by Crippen LogP contribution is 2.24. The summed E-state index contributed by atoms with van der Waals surface area (Å²) in [6.07, 6.45) is 2.16. The van der Waals surface area contributed by atoms with Crippen molar-refractivity contribution in [2.45, 2.75) is 38.4 Å². The third-order valence-corrected chi connectivity index (χ3v) is 3.03. The summed E-state index contributed by atoms with van der Waals surface area (Å²) in [5, 5.41) is 9.84. The van der Waals surface area contributed by atoms with Gasteiger partial charge in [-0.25, -0.2) is 0 Å². The van der Waals surface area contributed by atoms with E-state index in [9.17, 15) is 5.11 Å². The predicted molar refractivity (Wildman–Crippen MR) is 66.2 cm³/mol. The smallest absolute Gasteiger partial charge is 0.119 e. The van der Waals surface area contributed by atoms with Gasteiger partial charge in [-0.3, -0.25) is 0 Å². The molecule has 1 saturated heterocycles. The first-order valence-corrected chi connectivity index (χ1v) is 6.13. The zero-order chi connectivity index (χ0) is 12.3. The average Bonchev–Trinajstić information content (AvgIpc) is 2.30. The first-order valence-electron chi connectivity index (χ1n) is 6.13. The first-order chi connectivity index (χ1) is 8.05. The van der Waals surface area contributed by atoms with Crippen LogP contribution in [0.25, 0.3) is 0 Å². The Morgan fingerprint density at radius 2 is 1.76 bits per heavy atom. The Bertz CT molecular complexity index is 345. The number of ether oxygens (including phenoxy) is 2. The second kappa shape index (κ2) is 5.07. The van der Waals surface area contributed by atoms with Crippen molar-refractivity contribution in [1.29, 1.82) is 0 Å². The molecule has 0 atom stereocenters. The molecule has 0 unspecified atom stereocenters. The van der Waals surface area contributed by atoms with Crippen LogP contribution in [0.4, 0.5) is 0 Å². The van der Waals surface area contributed by atoms with E-state index < -0.39 is 5.60 Å². The minimum Gasteiger partial charge on any atom is -0.490 e. The van der Waals surface area contributed by atoms with Crippen LogP contribution in [0.15, 0.2) is 24.3 Å². The van der Waals surface area contributed by atoms with Crippen molar-refractivity contribution in [3.63, 3.8) is 0 Å². The molecule has 1 aliphatic rings. The van der Waals surface area contributed by atoms with E-state index in [0.717, 1.165) is 37.4 Å². The number of rotatable bonds is 3. The van der Waals surface area contributed by atoms with Gasteiger partial charge in [0.1, 0.15) is 11.9 Å². The van der Waals surface area contributed by atoms with Crippen molar-refractivity contribution in [1.82, 2.24) is 0 Å². The van der Waals surface area contributed by atoms with E-state index >= 15 is 0 Å². The normalized spacial score (nSPS) is 18.1. The molecule has 1 aliphatic heterocycles. The Hall–Kier alpha value is -1.06. The number of hydrogen-bond acceptors (Lipinski definition) is 3. The van der Waals surface area contributed by atoms with Crippen LogP contribution in [0.5, 0.6) is 5.75 Å². The van der Waals surface area contributed by atoms with Gasteiger partial charge in [0.15, 0.2) is 0 Å². The molecule has 0 spiro atoms. The summed E-state index contributed by atoms with van der Waals surface area (Å²) < 4.78 is 11.1. The van der Waals surface area contributed by atoms with E-state index in [1.165, 1.54) is 0 Å². The summed E-state index contributed by atoms with van der Waals surface area (Å²) in [5.74, 6) is 0.866. The van der Waals surface area contributed by atoms with Crippen LogP contribution >= 0.6 is 0 Å². The highest BCUT2D eigenvalue weighted by Gasteiger charge is 2.17. The topological polar surface area (TPSA) is 38.7 Å². The Balaban J connectivity index is 1.98. The minimum absolute atomic E-state index is 0.261. The maximum absolute atomic E-state index is 9.84. The van der Waals surface area contributed by atoms with Gasteiger partial charge in [0.25, 0.3) is 0 Å². The lowest BCUT2D eigenvalue weighted by Crippen LogP contribution is -2.25. The summed E-state index contributed by atoms with van der Waals surface area (Å²) >= 11 is 0. The van der Waals surface area contributed by atoms with Crippen LogP contribution < -0.4 is 4.74 Å². The monoisotopic (exact) mass is 236 g/mol. The Morgan fingerprint density at radius 1 is 1.18 bits per heavy atom. The van der Waals surface area contributed by atoms with Crippen LogP contribution in [-0.4, -0.2) is 24.4 Å². The fraction of sp³-hybridized carbons (Fsp3) is 0.571. The molecule has 0 aromatic heterocycles. The Labute approximate surface area is 102 Å². The lowest BCUT2D eigenvalue weighted by atomic mass is 9.99. The summed E-state index contributed by atoms with van der Waals surface area (Å²) in [4.78, 5) is 0. The van der Waals surface area contributed by atoms with Crippen molar-refractivity contribution >= 4 is 0 Å². The molecule has 1 N–H and O–H groups in total.